The highest BCUT2D eigenvalue weighted by atomic mass is 35.5. The molecule has 1 fully saturated rings. The van der Waals surface area contributed by atoms with Gasteiger partial charge in [-0.15, -0.1) is 12.4 Å². The molecule has 1 heterocycles. The monoisotopic (exact) mass is 342 g/mol. The zero-order valence-corrected chi connectivity index (χ0v) is 13.4. The van der Waals surface area contributed by atoms with Crippen molar-refractivity contribution in [1.82, 2.24) is 9.62 Å². The van der Waals surface area contributed by atoms with Gasteiger partial charge in [0.05, 0.1) is 5.02 Å². The minimum Gasteiger partial charge on any atom is -0.317 e. The van der Waals surface area contributed by atoms with Crippen LogP contribution in [-0.4, -0.2) is 38.9 Å². The van der Waals surface area contributed by atoms with E-state index < -0.39 is 20.7 Å². The van der Waals surface area contributed by atoms with Crippen LogP contribution in [0.4, 0.5) is 4.39 Å². The van der Waals surface area contributed by atoms with Crippen molar-refractivity contribution in [1.29, 1.82) is 0 Å². The van der Waals surface area contributed by atoms with Gasteiger partial charge in [-0.05, 0) is 38.1 Å². The molecule has 0 amide bonds. The van der Waals surface area contributed by atoms with Crippen LogP contribution in [0.2, 0.25) is 5.02 Å². The molecule has 1 aromatic rings. The molecule has 20 heavy (non-hydrogen) atoms. The first-order valence-corrected chi connectivity index (χ1v) is 7.89. The van der Waals surface area contributed by atoms with E-state index >= 15 is 0 Å². The fourth-order valence-corrected chi connectivity index (χ4v) is 4.22. The summed E-state index contributed by atoms with van der Waals surface area (Å²) in [5.41, 5.74) is 0. The van der Waals surface area contributed by atoms with Crippen LogP contribution in [0.15, 0.2) is 23.1 Å². The van der Waals surface area contributed by atoms with Crippen LogP contribution in [0.1, 0.15) is 12.8 Å². The van der Waals surface area contributed by atoms with Crippen molar-refractivity contribution < 1.29 is 12.8 Å². The van der Waals surface area contributed by atoms with E-state index in [1.807, 2.05) is 0 Å². The Balaban J connectivity index is 0.00000200. The number of hydrogen-bond acceptors (Lipinski definition) is 3. The Morgan fingerprint density at radius 3 is 2.50 bits per heavy atom. The van der Waals surface area contributed by atoms with Gasteiger partial charge < -0.3 is 5.32 Å². The number of piperidine rings is 1. The zero-order chi connectivity index (χ0) is 14.0. The Hall–Kier alpha value is -0.400. The van der Waals surface area contributed by atoms with Crippen LogP contribution in [0.3, 0.4) is 0 Å². The van der Waals surface area contributed by atoms with Crippen molar-refractivity contribution in [3.63, 3.8) is 0 Å². The number of benzene rings is 1. The summed E-state index contributed by atoms with van der Waals surface area (Å²) < 4.78 is 39.9. The highest BCUT2D eigenvalue weighted by Crippen LogP contribution is 2.28. The van der Waals surface area contributed by atoms with Crippen molar-refractivity contribution in [2.75, 3.05) is 20.1 Å². The highest BCUT2D eigenvalue weighted by Gasteiger charge is 2.32. The minimum absolute atomic E-state index is 0. The van der Waals surface area contributed by atoms with Gasteiger partial charge >= 0.3 is 0 Å². The van der Waals surface area contributed by atoms with E-state index in [2.05, 4.69) is 5.32 Å². The summed E-state index contributed by atoms with van der Waals surface area (Å²) in [6.07, 6.45) is 1.42. The average molecular weight is 343 g/mol. The number of rotatable bonds is 3. The molecule has 4 nitrogen and oxygen atoms in total. The van der Waals surface area contributed by atoms with Crippen molar-refractivity contribution in [3.05, 3.63) is 29.0 Å². The lowest BCUT2D eigenvalue weighted by Crippen LogP contribution is -2.44. The first kappa shape index (κ1) is 17.7. The Bertz CT molecular complexity index is 542. The van der Waals surface area contributed by atoms with E-state index in [4.69, 9.17) is 11.6 Å². The summed E-state index contributed by atoms with van der Waals surface area (Å²) in [4.78, 5) is -0.433. The largest absolute Gasteiger partial charge is 0.317 e. The predicted octanol–water partition coefficient (Wildman–Crippen LogP) is 2.27. The second-order valence-electron chi connectivity index (χ2n) is 4.55. The standard InChI is InChI=1S/C12H16ClFN2O2S.ClH/c1-16(9-5-7-15-8-6-9)19(17,18)12-10(13)3-2-4-11(12)14;/h2-4,9,15H,5-8H2,1H3;1H. The van der Waals surface area contributed by atoms with Crippen molar-refractivity contribution >= 4 is 34.0 Å². The van der Waals surface area contributed by atoms with E-state index in [0.717, 1.165) is 19.2 Å². The molecule has 0 bridgehead atoms. The van der Waals surface area contributed by atoms with E-state index in [9.17, 15) is 12.8 Å². The fourth-order valence-electron chi connectivity index (χ4n) is 2.24. The quantitative estimate of drug-likeness (QED) is 0.916. The molecule has 0 aliphatic carbocycles. The normalized spacial score (nSPS) is 17.0. The van der Waals surface area contributed by atoms with Crippen LogP contribution < -0.4 is 5.32 Å². The van der Waals surface area contributed by atoms with Gasteiger partial charge in [0.1, 0.15) is 10.7 Å². The third kappa shape index (κ3) is 3.43. The van der Waals surface area contributed by atoms with Crippen LogP contribution in [0.25, 0.3) is 0 Å². The third-order valence-electron chi connectivity index (χ3n) is 3.38. The molecule has 0 unspecified atom stereocenters. The molecular formula is C12H17Cl2FN2O2S. The second-order valence-corrected chi connectivity index (χ2v) is 6.89. The first-order chi connectivity index (χ1) is 8.94. The predicted molar refractivity (Wildman–Crippen MR) is 79.5 cm³/mol. The molecular weight excluding hydrogens is 326 g/mol. The maximum atomic E-state index is 13.8. The van der Waals surface area contributed by atoms with Crippen LogP contribution in [-0.2, 0) is 10.0 Å². The lowest BCUT2D eigenvalue weighted by atomic mass is 10.1. The Morgan fingerprint density at radius 2 is 1.95 bits per heavy atom. The molecule has 2 rings (SSSR count). The summed E-state index contributed by atoms with van der Waals surface area (Å²) in [6, 6.07) is 3.76. The molecule has 0 spiro atoms. The van der Waals surface area contributed by atoms with Gasteiger partial charge in [0.25, 0.3) is 0 Å². The van der Waals surface area contributed by atoms with Gasteiger partial charge in [-0.3, -0.25) is 0 Å². The maximum absolute atomic E-state index is 13.8. The molecule has 0 atom stereocenters. The molecule has 0 saturated carbocycles. The number of nitrogens with one attached hydrogen (secondary N) is 1. The highest BCUT2D eigenvalue weighted by molar-refractivity contribution is 7.89. The van der Waals surface area contributed by atoms with Gasteiger partial charge in [-0.1, -0.05) is 17.7 Å². The maximum Gasteiger partial charge on any atom is 0.247 e. The van der Waals surface area contributed by atoms with E-state index in [1.54, 1.807) is 0 Å². The Kier molecular flexibility index (Phi) is 6.22. The lowest BCUT2D eigenvalue weighted by Gasteiger charge is -2.31. The first-order valence-electron chi connectivity index (χ1n) is 6.07. The van der Waals surface area contributed by atoms with Gasteiger partial charge in [-0.2, -0.15) is 4.31 Å². The molecule has 1 saturated heterocycles. The zero-order valence-electron chi connectivity index (χ0n) is 11.0. The van der Waals surface area contributed by atoms with Crippen molar-refractivity contribution in [3.8, 4) is 0 Å². The van der Waals surface area contributed by atoms with E-state index in [1.165, 1.54) is 23.5 Å². The van der Waals surface area contributed by atoms with Crippen molar-refractivity contribution in [2.45, 2.75) is 23.8 Å². The molecule has 1 aliphatic rings. The van der Waals surface area contributed by atoms with Crippen LogP contribution >= 0.6 is 24.0 Å². The van der Waals surface area contributed by atoms with E-state index in [-0.39, 0.29) is 23.5 Å². The SMILES string of the molecule is CN(C1CCNCC1)S(=O)(=O)c1c(F)cccc1Cl.Cl. The minimum atomic E-state index is -3.90. The molecule has 8 heteroatoms. The number of sulfonamides is 1. The van der Waals surface area contributed by atoms with Gasteiger partial charge in [0.2, 0.25) is 10.0 Å². The Morgan fingerprint density at radius 1 is 1.35 bits per heavy atom. The topological polar surface area (TPSA) is 49.4 Å². The molecule has 1 aromatic carbocycles. The molecule has 0 aromatic heterocycles. The summed E-state index contributed by atoms with van der Waals surface area (Å²) in [5.74, 6) is -0.812. The summed E-state index contributed by atoms with van der Waals surface area (Å²) in [6.45, 7) is 1.52. The molecule has 1 aliphatic heterocycles. The van der Waals surface area contributed by atoms with Crippen LogP contribution in [0.5, 0.6) is 0 Å². The Labute approximate surface area is 129 Å². The summed E-state index contributed by atoms with van der Waals surface area (Å²) in [7, 11) is -2.42. The lowest BCUT2D eigenvalue weighted by molar-refractivity contribution is 0.295. The van der Waals surface area contributed by atoms with Gasteiger partial charge in [0, 0.05) is 13.1 Å². The average Bonchev–Trinajstić information content (AvgIpc) is 2.38. The summed E-state index contributed by atoms with van der Waals surface area (Å²) >= 11 is 5.84. The van der Waals surface area contributed by atoms with Crippen molar-refractivity contribution in [2.24, 2.45) is 0 Å². The number of halogens is 3. The third-order valence-corrected chi connectivity index (χ3v) is 5.79. The number of hydrogen-bond donors (Lipinski definition) is 1. The fraction of sp³-hybridized carbons (Fsp3) is 0.500. The molecule has 0 radical (unpaired) electrons. The van der Waals surface area contributed by atoms with Gasteiger partial charge in [0.15, 0.2) is 0 Å². The van der Waals surface area contributed by atoms with Crippen LogP contribution in [0, 0.1) is 5.82 Å². The molecule has 1 N–H and O–H groups in total. The van der Waals surface area contributed by atoms with E-state index in [0.29, 0.717) is 12.8 Å². The smallest absolute Gasteiger partial charge is 0.247 e. The van der Waals surface area contributed by atoms with Gasteiger partial charge in [-0.25, -0.2) is 12.8 Å². The number of nitrogens with zero attached hydrogens (tertiary/aromatic N) is 1. The second kappa shape index (κ2) is 7.04. The molecule has 114 valence electrons. The summed E-state index contributed by atoms with van der Waals surface area (Å²) in [5, 5.41) is 3.08.